The first-order valence-electron chi connectivity index (χ1n) is 4.67. The largest absolute Gasteiger partial charge is 0.458 e. The lowest BCUT2D eigenvalue weighted by Crippen LogP contribution is -2.05. The van der Waals surface area contributed by atoms with E-state index >= 15 is 0 Å². The van der Waals surface area contributed by atoms with Gasteiger partial charge in [0.15, 0.2) is 0 Å². The van der Waals surface area contributed by atoms with E-state index in [0.717, 1.165) is 12.8 Å². The van der Waals surface area contributed by atoms with Crippen molar-refractivity contribution in [2.75, 3.05) is 6.61 Å². The van der Waals surface area contributed by atoms with Gasteiger partial charge in [-0.15, -0.1) is 0 Å². The Balaban J connectivity index is 3.59. The van der Waals surface area contributed by atoms with Crippen LogP contribution in [0.1, 0.15) is 33.6 Å². The molecule has 0 aliphatic heterocycles. The summed E-state index contributed by atoms with van der Waals surface area (Å²) in [5.41, 5.74) is 0.656. The minimum absolute atomic E-state index is 0.233. The SMILES string of the molecule is C/C=C(\C)C(=O)OC/C=C/CCC. The first-order valence-corrected chi connectivity index (χ1v) is 4.67. The van der Waals surface area contributed by atoms with E-state index in [1.807, 2.05) is 19.1 Å². The highest BCUT2D eigenvalue weighted by molar-refractivity contribution is 5.87. The average molecular weight is 182 g/mol. The number of allylic oxidation sites excluding steroid dienone is 2. The minimum atomic E-state index is -0.233. The van der Waals surface area contributed by atoms with E-state index in [2.05, 4.69) is 6.92 Å². The molecule has 0 aliphatic rings. The van der Waals surface area contributed by atoms with Crippen molar-refractivity contribution < 1.29 is 9.53 Å². The summed E-state index contributed by atoms with van der Waals surface area (Å²) < 4.78 is 4.95. The number of carbonyl (C=O) groups is 1. The monoisotopic (exact) mass is 182 g/mol. The molecule has 0 atom stereocenters. The molecule has 0 unspecified atom stereocenters. The molecular formula is C11H18O2. The van der Waals surface area contributed by atoms with Gasteiger partial charge in [0.2, 0.25) is 0 Å². The molecule has 0 amide bonds. The zero-order chi connectivity index (χ0) is 10.1. The summed E-state index contributed by atoms with van der Waals surface area (Å²) in [5.74, 6) is -0.233. The Morgan fingerprint density at radius 2 is 2.08 bits per heavy atom. The maximum Gasteiger partial charge on any atom is 0.333 e. The van der Waals surface area contributed by atoms with Gasteiger partial charge in [0.1, 0.15) is 6.61 Å². The van der Waals surface area contributed by atoms with Crippen molar-refractivity contribution in [1.82, 2.24) is 0 Å². The highest BCUT2D eigenvalue weighted by Gasteiger charge is 2.01. The van der Waals surface area contributed by atoms with Crippen LogP contribution in [0.4, 0.5) is 0 Å². The van der Waals surface area contributed by atoms with Crippen LogP contribution in [0, 0.1) is 0 Å². The Morgan fingerprint density at radius 1 is 1.38 bits per heavy atom. The normalized spacial score (nSPS) is 12.1. The van der Waals surface area contributed by atoms with Crippen molar-refractivity contribution >= 4 is 5.97 Å². The zero-order valence-electron chi connectivity index (χ0n) is 8.67. The Bertz CT molecular complexity index is 202. The molecule has 0 saturated heterocycles. The van der Waals surface area contributed by atoms with E-state index in [1.54, 1.807) is 13.0 Å². The van der Waals surface area contributed by atoms with E-state index in [9.17, 15) is 4.79 Å². The van der Waals surface area contributed by atoms with Crippen LogP contribution in [0.2, 0.25) is 0 Å². The van der Waals surface area contributed by atoms with Crippen LogP contribution in [0.25, 0.3) is 0 Å². The van der Waals surface area contributed by atoms with Crippen molar-refractivity contribution in [3.63, 3.8) is 0 Å². The highest BCUT2D eigenvalue weighted by Crippen LogP contribution is 1.96. The standard InChI is InChI=1S/C11H18O2/c1-4-6-7-8-9-13-11(12)10(3)5-2/h5,7-8H,4,6,9H2,1-3H3/b8-7+,10-5+. The van der Waals surface area contributed by atoms with Gasteiger partial charge < -0.3 is 4.74 Å². The summed E-state index contributed by atoms with van der Waals surface area (Å²) >= 11 is 0. The fourth-order valence-electron chi connectivity index (χ4n) is 0.708. The predicted octanol–water partition coefficient (Wildman–Crippen LogP) is 2.85. The van der Waals surface area contributed by atoms with Crippen molar-refractivity contribution in [1.29, 1.82) is 0 Å². The lowest BCUT2D eigenvalue weighted by atomic mass is 10.3. The molecule has 0 N–H and O–H groups in total. The molecule has 0 bridgehead atoms. The van der Waals surface area contributed by atoms with Gasteiger partial charge in [0.05, 0.1) is 0 Å². The summed E-state index contributed by atoms with van der Waals surface area (Å²) in [6.45, 7) is 6.06. The zero-order valence-corrected chi connectivity index (χ0v) is 8.67. The molecule has 0 rings (SSSR count). The van der Waals surface area contributed by atoms with Crippen LogP contribution >= 0.6 is 0 Å². The van der Waals surface area contributed by atoms with Crippen LogP contribution in [-0.2, 0) is 9.53 Å². The molecule has 0 aromatic rings. The van der Waals surface area contributed by atoms with Crippen LogP contribution in [0.15, 0.2) is 23.8 Å². The van der Waals surface area contributed by atoms with Gasteiger partial charge >= 0.3 is 5.97 Å². The smallest absolute Gasteiger partial charge is 0.333 e. The molecule has 0 heterocycles. The molecule has 2 nitrogen and oxygen atoms in total. The number of rotatable bonds is 5. The first kappa shape index (κ1) is 11.9. The summed E-state index contributed by atoms with van der Waals surface area (Å²) in [6, 6.07) is 0. The second-order valence-electron chi connectivity index (χ2n) is 2.83. The molecule has 13 heavy (non-hydrogen) atoms. The number of unbranched alkanes of at least 4 members (excludes halogenated alkanes) is 1. The maximum absolute atomic E-state index is 11.1. The Kier molecular flexibility index (Phi) is 6.98. The van der Waals surface area contributed by atoms with E-state index in [4.69, 9.17) is 4.74 Å². The summed E-state index contributed by atoms with van der Waals surface area (Å²) in [5, 5.41) is 0. The fourth-order valence-corrected chi connectivity index (χ4v) is 0.708. The lowest BCUT2D eigenvalue weighted by Gasteiger charge is -2.00. The topological polar surface area (TPSA) is 26.3 Å². The van der Waals surface area contributed by atoms with Crippen molar-refractivity contribution in [3.8, 4) is 0 Å². The third-order valence-corrected chi connectivity index (χ3v) is 1.69. The maximum atomic E-state index is 11.1. The molecule has 74 valence electrons. The molecule has 0 saturated carbocycles. The summed E-state index contributed by atoms with van der Waals surface area (Å²) in [4.78, 5) is 11.1. The van der Waals surface area contributed by atoms with Crippen molar-refractivity contribution in [3.05, 3.63) is 23.8 Å². The highest BCUT2D eigenvalue weighted by atomic mass is 16.5. The van der Waals surface area contributed by atoms with Crippen LogP contribution in [0.5, 0.6) is 0 Å². The Labute approximate surface area is 80.3 Å². The van der Waals surface area contributed by atoms with Crippen molar-refractivity contribution in [2.45, 2.75) is 33.6 Å². The van der Waals surface area contributed by atoms with Gasteiger partial charge in [-0.3, -0.25) is 0 Å². The third-order valence-electron chi connectivity index (χ3n) is 1.69. The minimum Gasteiger partial charge on any atom is -0.458 e. The second kappa shape index (κ2) is 7.59. The van der Waals surface area contributed by atoms with Crippen LogP contribution in [-0.4, -0.2) is 12.6 Å². The van der Waals surface area contributed by atoms with Gasteiger partial charge in [-0.05, 0) is 20.3 Å². The van der Waals surface area contributed by atoms with Gasteiger partial charge in [0, 0.05) is 5.57 Å². The molecule has 0 aliphatic carbocycles. The second-order valence-corrected chi connectivity index (χ2v) is 2.83. The molecule has 2 heteroatoms. The quantitative estimate of drug-likeness (QED) is 0.371. The molecule has 0 fully saturated rings. The number of carbonyl (C=O) groups excluding carboxylic acids is 1. The van der Waals surface area contributed by atoms with Gasteiger partial charge in [-0.1, -0.05) is 31.6 Å². The van der Waals surface area contributed by atoms with Crippen LogP contribution in [0.3, 0.4) is 0 Å². The molecule has 0 spiro atoms. The number of hydrogen-bond acceptors (Lipinski definition) is 2. The summed E-state index contributed by atoms with van der Waals surface area (Å²) in [6.07, 6.45) is 7.82. The van der Waals surface area contributed by atoms with Gasteiger partial charge in [-0.2, -0.15) is 0 Å². The molecule has 0 aromatic carbocycles. The van der Waals surface area contributed by atoms with Gasteiger partial charge in [-0.25, -0.2) is 4.79 Å². The number of hydrogen-bond donors (Lipinski definition) is 0. The number of ether oxygens (including phenoxy) is 1. The van der Waals surface area contributed by atoms with Crippen LogP contribution < -0.4 is 0 Å². The van der Waals surface area contributed by atoms with Gasteiger partial charge in [0.25, 0.3) is 0 Å². The van der Waals surface area contributed by atoms with E-state index in [1.165, 1.54) is 0 Å². The number of esters is 1. The fraction of sp³-hybridized carbons (Fsp3) is 0.545. The lowest BCUT2D eigenvalue weighted by molar-refractivity contribution is -0.137. The molecule has 0 aromatic heterocycles. The summed E-state index contributed by atoms with van der Waals surface area (Å²) in [7, 11) is 0. The predicted molar refractivity (Wildman–Crippen MR) is 54.4 cm³/mol. The third kappa shape index (κ3) is 6.14. The first-order chi connectivity index (χ1) is 6.22. The average Bonchev–Trinajstić information content (AvgIpc) is 2.16. The van der Waals surface area contributed by atoms with E-state index in [-0.39, 0.29) is 5.97 Å². The Morgan fingerprint density at radius 3 is 2.62 bits per heavy atom. The molecule has 0 radical (unpaired) electrons. The Hall–Kier alpha value is -1.05. The van der Waals surface area contributed by atoms with E-state index in [0.29, 0.717) is 12.2 Å². The van der Waals surface area contributed by atoms with Crippen molar-refractivity contribution in [2.24, 2.45) is 0 Å². The molecular weight excluding hydrogens is 164 g/mol. The van der Waals surface area contributed by atoms with E-state index < -0.39 is 0 Å².